The maximum atomic E-state index is 11.6. The summed E-state index contributed by atoms with van der Waals surface area (Å²) in [6.07, 6.45) is 1.86. The molecule has 1 aromatic heterocycles. The number of hydrogen-bond acceptors (Lipinski definition) is 6. The third-order valence-corrected chi connectivity index (χ3v) is 2.81. The Kier molecular flexibility index (Phi) is 5.62. The quantitative estimate of drug-likeness (QED) is 0.569. The van der Waals surface area contributed by atoms with Crippen molar-refractivity contribution in [3.8, 4) is 0 Å². The molecule has 17 heavy (non-hydrogen) atoms. The molecule has 1 rings (SSSR count). The second kappa shape index (κ2) is 7.01. The molecule has 0 bridgehead atoms. The molecule has 0 aliphatic rings. The molecule has 0 atom stereocenters. The van der Waals surface area contributed by atoms with Crippen molar-refractivity contribution < 1.29 is 19.1 Å². The Morgan fingerprint density at radius 3 is 2.29 bits per heavy atom. The van der Waals surface area contributed by atoms with Crippen molar-refractivity contribution in [2.75, 3.05) is 13.2 Å². The van der Waals surface area contributed by atoms with Crippen LogP contribution in [0.4, 0.5) is 0 Å². The zero-order valence-electron chi connectivity index (χ0n) is 9.84. The summed E-state index contributed by atoms with van der Waals surface area (Å²) < 4.78 is 9.71. The number of rotatable bonds is 6. The van der Waals surface area contributed by atoms with E-state index < -0.39 is 17.9 Å². The summed E-state index contributed by atoms with van der Waals surface area (Å²) in [6.45, 7) is 3.88. The van der Waals surface area contributed by atoms with Gasteiger partial charge in [0.2, 0.25) is 0 Å². The van der Waals surface area contributed by atoms with Crippen LogP contribution in [-0.2, 0) is 25.5 Å². The predicted octanol–water partition coefficient (Wildman–Crippen LogP) is 1.43. The molecule has 6 heteroatoms. The van der Waals surface area contributed by atoms with Crippen LogP contribution in [0.3, 0.4) is 0 Å². The number of thiazole rings is 1. The van der Waals surface area contributed by atoms with Gasteiger partial charge in [-0.2, -0.15) is 0 Å². The van der Waals surface area contributed by atoms with Gasteiger partial charge in [0.05, 0.1) is 18.2 Å². The fraction of sp³-hybridized carbons (Fsp3) is 0.545. The molecule has 0 fully saturated rings. The minimum absolute atomic E-state index is 0.231. The zero-order chi connectivity index (χ0) is 12.7. The molecule has 0 unspecified atom stereocenters. The largest absolute Gasteiger partial charge is 0.465 e. The first-order chi connectivity index (χ1) is 8.19. The molecule has 0 N–H and O–H groups in total. The van der Waals surface area contributed by atoms with Gasteiger partial charge in [-0.05, 0) is 13.8 Å². The van der Waals surface area contributed by atoms with Crippen LogP contribution >= 0.6 is 11.3 Å². The fourth-order valence-corrected chi connectivity index (χ4v) is 1.94. The Bertz CT molecular complexity index is 346. The highest BCUT2D eigenvalue weighted by atomic mass is 32.1. The molecule has 0 spiro atoms. The highest BCUT2D eigenvalue weighted by molar-refractivity contribution is 7.09. The Morgan fingerprint density at radius 1 is 1.29 bits per heavy atom. The van der Waals surface area contributed by atoms with Crippen molar-refractivity contribution in [1.82, 2.24) is 4.98 Å². The van der Waals surface area contributed by atoms with Crippen LogP contribution in [0.2, 0.25) is 0 Å². The number of ether oxygens (including phenoxy) is 2. The van der Waals surface area contributed by atoms with Gasteiger partial charge >= 0.3 is 11.9 Å². The van der Waals surface area contributed by atoms with Crippen LogP contribution in [0.15, 0.2) is 11.6 Å². The highest BCUT2D eigenvalue weighted by Gasteiger charge is 2.30. The molecule has 0 saturated heterocycles. The van der Waals surface area contributed by atoms with Gasteiger partial charge in [0.15, 0.2) is 5.92 Å². The molecule has 0 aliphatic carbocycles. The maximum absolute atomic E-state index is 11.6. The molecule has 0 saturated carbocycles. The normalized spacial score (nSPS) is 10.3. The smallest absolute Gasteiger partial charge is 0.320 e. The lowest BCUT2D eigenvalue weighted by molar-refractivity contribution is -0.161. The first kappa shape index (κ1) is 13.6. The SMILES string of the molecule is CCOC(=O)C(Cc1nccs1)C(=O)OCC. The standard InChI is InChI=1S/C11H15NO4S/c1-3-15-10(13)8(11(14)16-4-2)7-9-12-5-6-17-9/h5-6,8H,3-4,7H2,1-2H3. The summed E-state index contributed by atoms with van der Waals surface area (Å²) in [5.74, 6) is -2.02. The number of aromatic nitrogens is 1. The van der Waals surface area contributed by atoms with E-state index >= 15 is 0 Å². The Labute approximate surface area is 104 Å². The molecule has 0 radical (unpaired) electrons. The topological polar surface area (TPSA) is 65.5 Å². The van der Waals surface area contributed by atoms with Crippen LogP contribution in [-0.4, -0.2) is 30.1 Å². The van der Waals surface area contributed by atoms with E-state index in [0.717, 1.165) is 5.01 Å². The number of hydrogen-bond donors (Lipinski definition) is 0. The number of carbonyl (C=O) groups is 2. The van der Waals surface area contributed by atoms with Gasteiger partial charge in [-0.1, -0.05) is 0 Å². The molecule has 5 nitrogen and oxygen atoms in total. The van der Waals surface area contributed by atoms with E-state index in [4.69, 9.17) is 9.47 Å². The van der Waals surface area contributed by atoms with Crippen LogP contribution in [0.5, 0.6) is 0 Å². The van der Waals surface area contributed by atoms with Gasteiger partial charge in [-0.25, -0.2) is 4.98 Å². The average Bonchev–Trinajstić information content (AvgIpc) is 2.79. The third-order valence-electron chi connectivity index (χ3n) is 2.00. The number of esters is 2. The Hall–Kier alpha value is -1.43. The van der Waals surface area contributed by atoms with E-state index in [0.29, 0.717) is 0 Å². The molecule has 1 heterocycles. The summed E-state index contributed by atoms with van der Waals surface area (Å²) in [5, 5.41) is 2.51. The second-order valence-electron chi connectivity index (χ2n) is 3.19. The second-order valence-corrected chi connectivity index (χ2v) is 4.17. The van der Waals surface area contributed by atoms with Crippen molar-refractivity contribution in [3.63, 3.8) is 0 Å². The van der Waals surface area contributed by atoms with Crippen LogP contribution in [0.25, 0.3) is 0 Å². The van der Waals surface area contributed by atoms with Gasteiger partial charge in [0, 0.05) is 18.0 Å². The fourth-order valence-electron chi connectivity index (χ4n) is 1.28. The van der Waals surface area contributed by atoms with Crippen LogP contribution in [0, 0.1) is 5.92 Å². The van der Waals surface area contributed by atoms with Crippen molar-refractivity contribution >= 4 is 23.3 Å². The Morgan fingerprint density at radius 2 is 1.88 bits per heavy atom. The molecule has 0 aromatic carbocycles. The van der Waals surface area contributed by atoms with Crippen molar-refractivity contribution in [2.45, 2.75) is 20.3 Å². The van der Waals surface area contributed by atoms with E-state index in [1.807, 2.05) is 0 Å². The first-order valence-electron chi connectivity index (χ1n) is 5.40. The minimum Gasteiger partial charge on any atom is -0.465 e. The highest BCUT2D eigenvalue weighted by Crippen LogP contribution is 2.14. The molecule has 0 aliphatic heterocycles. The zero-order valence-corrected chi connectivity index (χ0v) is 10.7. The van der Waals surface area contributed by atoms with E-state index in [2.05, 4.69) is 4.98 Å². The van der Waals surface area contributed by atoms with Gasteiger partial charge in [-0.15, -0.1) is 11.3 Å². The molecule has 1 aromatic rings. The van der Waals surface area contributed by atoms with Gasteiger partial charge in [0.1, 0.15) is 0 Å². The summed E-state index contributed by atoms with van der Waals surface area (Å²) in [7, 11) is 0. The third kappa shape index (κ3) is 4.14. The van der Waals surface area contributed by atoms with Crippen molar-refractivity contribution in [1.29, 1.82) is 0 Å². The monoisotopic (exact) mass is 257 g/mol. The summed E-state index contributed by atoms with van der Waals surface area (Å²) in [5.41, 5.74) is 0. The van der Waals surface area contributed by atoms with Gasteiger partial charge < -0.3 is 9.47 Å². The number of carbonyl (C=O) groups excluding carboxylic acids is 2. The lowest BCUT2D eigenvalue weighted by Gasteiger charge is -2.12. The van der Waals surface area contributed by atoms with Gasteiger partial charge in [-0.3, -0.25) is 9.59 Å². The average molecular weight is 257 g/mol. The Balaban J connectivity index is 2.71. The van der Waals surface area contributed by atoms with Crippen molar-refractivity contribution in [3.05, 3.63) is 16.6 Å². The van der Waals surface area contributed by atoms with E-state index in [1.54, 1.807) is 25.4 Å². The minimum atomic E-state index is -0.916. The lowest BCUT2D eigenvalue weighted by atomic mass is 10.1. The predicted molar refractivity (Wildman–Crippen MR) is 62.6 cm³/mol. The first-order valence-corrected chi connectivity index (χ1v) is 6.28. The van der Waals surface area contributed by atoms with Crippen LogP contribution in [0.1, 0.15) is 18.9 Å². The lowest BCUT2D eigenvalue weighted by Crippen LogP contribution is -2.30. The summed E-state index contributed by atoms with van der Waals surface area (Å²) in [4.78, 5) is 27.3. The molecule has 0 amide bonds. The van der Waals surface area contributed by atoms with E-state index in [9.17, 15) is 9.59 Å². The maximum Gasteiger partial charge on any atom is 0.320 e. The van der Waals surface area contributed by atoms with E-state index in [-0.39, 0.29) is 19.6 Å². The molecular weight excluding hydrogens is 242 g/mol. The van der Waals surface area contributed by atoms with Crippen molar-refractivity contribution in [2.24, 2.45) is 5.92 Å². The summed E-state index contributed by atoms with van der Waals surface area (Å²) >= 11 is 1.40. The van der Waals surface area contributed by atoms with Gasteiger partial charge in [0.25, 0.3) is 0 Å². The molecular formula is C11H15NO4S. The van der Waals surface area contributed by atoms with Crippen LogP contribution < -0.4 is 0 Å². The number of nitrogens with zero attached hydrogens (tertiary/aromatic N) is 1. The summed E-state index contributed by atoms with van der Waals surface area (Å²) in [6, 6.07) is 0. The van der Waals surface area contributed by atoms with E-state index in [1.165, 1.54) is 11.3 Å². The molecule has 94 valence electrons.